The van der Waals surface area contributed by atoms with Gasteiger partial charge < -0.3 is 15.0 Å². The topological polar surface area (TPSA) is 54.5 Å². The average Bonchev–Trinajstić information content (AvgIpc) is 3.28. The van der Waals surface area contributed by atoms with Gasteiger partial charge in [0.1, 0.15) is 5.75 Å². The van der Waals surface area contributed by atoms with Crippen LogP contribution in [0.2, 0.25) is 0 Å². The molecule has 29 heavy (non-hydrogen) atoms. The molecule has 0 unspecified atom stereocenters. The minimum Gasteiger partial charge on any atom is -0.497 e. The normalized spacial score (nSPS) is 19.3. The van der Waals surface area contributed by atoms with Crippen LogP contribution in [0.5, 0.6) is 5.75 Å². The summed E-state index contributed by atoms with van der Waals surface area (Å²) in [6.07, 6.45) is 10.5. The van der Waals surface area contributed by atoms with Gasteiger partial charge in [-0.1, -0.05) is 25.0 Å². The Balaban J connectivity index is 1.33. The number of nitrogens with zero attached hydrogens (tertiary/aromatic N) is 2. The Labute approximate surface area is 173 Å². The molecule has 1 aromatic carbocycles. The van der Waals surface area contributed by atoms with Crippen LogP contribution >= 0.6 is 0 Å². The van der Waals surface area contributed by atoms with Crippen LogP contribution in [0.4, 0.5) is 0 Å². The van der Waals surface area contributed by atoms with Crippen molar-refractivity contribution in [3.63, 3.8) is 0 Å². The van der Waals surface area contributed by atoms with Crippen molar-refractivity contribution in [3.8, 4) is 5.75 Å². The first-order valence-corrected chi connectivity index (χ1v) is 10.8. The molecule has 1 aliphatic heterocycles. The van der Waals surface area contributed by atoms with E-state index in [1.165, 1.54) is 31.2 Å². The van der Waals surface area contributed by atoms with E-state index in [1.807, 2.05) is 4.90 Å². The molecule has 1 aliphatic carbocycles. The molecular formula is C24H31N3O2. The first kappa shape index (κ1) is 19.9. The van der Waals surface area contributed by atoms with E-state index >= 15 is 0 Å². The molecule has 2 heterocycles. The second kappa shape index (κ2) is 8.95. The number of amides is 1. The Morgan fingerprint density at radius 1 is 1.10 bits per heavy atom. The zero-order chi connectivity index (χ0) is 20.1. The molecule has 154 valence electrons. The molecule has 1 N–H and O–H groups in total. The summed E-state index contributed by atoms with van der Waals surface area (Å²) < 4.78 is 5.33. The van der Waals surface area contributed by atoms with Gasteiger partial charge in [-0.3, -0.25) is 9.78 Å². The largest absolute Gasteiger partial charge is 0.497 e. The van der Waals surface area contributed by atoms with Crippen molar-refractivity contribution in [2.24, 2.45) is 0 Å². The van der Waals surface area contributed by atoms with Crippen LogP contribution < -0.4 is 10.1 Å². The number of hydrogen-bond acceptors (Lipinski definition) is 4. The number of hydrogen-bond donors (Lipinski definition) is 1. The van der Waals surface area contributed by atoms with Gasteiger partial charge in [-0.25, -0.2) is 0 Å². The molecule has 5 nitrogen and oxygen atoms in total. The molecule has 0 radical (unpaired) electrons. The SMILES string of the molecule is COc1ccc(C2(CNC3CCN(C(=O)c4ccncc4)CC3)CCCC2)cc1. The Morgan fingerprint density at radius 3 is 2.38 bits per heavy atom. The highest BCUT2D eigenvalue weighted by Gasteiger charge is 2.36. The third-order valence-electron chi connectivity index (χ3n) is 6.70. The van der Waals surface area contributed by atoms with Gasteiger partial charge in [-0.05, 0) is 55.5 Å². The molecule has 0 bridgehead atoms. The van der Waals surface area contributed by atoms with Crippen molar-refractivity contribution in [1.29, 1.82) is 0 Å². The Hall–Kier alpha value is -2.40. The quantitative estimate of drug-likeness (QED) is 0.811. The number of rotatable bonds is 6. The molecule has 1 saturated carbocycles. The zero-order valence-electron chi connectivity index (χ0n) is 17.3. The van der Waals surface area contributed by atoms with Crippen LogP contribution in [-0.4, -0.2) is 48.6 Å². The van der Waals surface area contributed by atoms with Gasteiger partial charge in [-0.2, -0.15) is 0 Å². The molecule has 2 aromatic rings. The molecule has 2 fully saturated rings. The summed E-state index contributed by atoms with van der Waals surface area (Å²) in [6, 6.07) is 12.7. The maximum Gasteiger partial charge on any atom is 0.253 e. The number of nitrogens with one attached hydrogen (secondary N) is 1. The van der Waals surface area contributed by atoms with E-state index in [-0.39, 0.29) is 11.3 Å². The van der Waals surface area contributed by atoms with Crippen LogP contribution in [0.25, 0.3) is 0 Å². The fraction of sp³-hybridized carbons (Fsp3) is 0.500. The molecule has 1 amide bonds. The van der Waals surface area contributed by atoms with Gasteiger partial charge in [0.15, 0.2) is 0 Å². The molecule has 2 aliphatic rings. The van der Waals surface area contributed by atoms with Crippen molar-refractivity contribution in [2.75, 3.05) is 26.7 Å². The summed E-state index contributed by atoms with van der Waals surface area (Å²) >= 11 is 0. The maximum atomic E-state index is 12.6. The fourth-order valence-corrected chi connectivity index (χ4v) is 4.87. The fourth-order valence-electron chi connectivity index (χ4n) is 4.87. The predicted molar refractivity (Wildman–Crippen MR) is 114 cm³/mol. The standard InChI is InChI=1S/C24H31N3O2/c1-29-22-6-4-20(5-7-22)24(12-2-3-13-24)18-26-21-10-16-27(17-11-21)23(28)19-8-14-25-15-9-19/h4-9,14-15,21,26H,2-3,10-13,16-18H2,1H3. The number of aromatic nitrogens is 1. The number of piperidine rings is 1. The highest BCUT2D eigenvalue weighted by atomic mass is 16.5. The number of pyridine rings is 1. The Kier molecular flexibility index (Phi) is 6.14. The molecule has 5 heteroatoms. The van der Waals surface area contributed by atoms with Gasteiger partial charge >= 0.3 is 0 Å². The van der Waals surface area contributed by atoms with Crippen molar-refractivity contribution in [1.82, 2.24) is 15.2 Å². The molecule has 0 atom stereocenters. The monoisotopic (exact) mass is 393 g/mol. The van der Waals surface area contributed by atoms with Crippen molar-refractivity contribution in [2.45, 2.75) is 50.0 Å². The van der Waals surface area contributed by atoms with Gasteiger partial charge in [-0.15, -0.1) is 0 Å². The summed E-state index contributed by atoms with van der Waals surface area (Å²) in [4.78, 5) is 18.6. The third-order valence-corrected chi connectivity index (χ3v) is 6.70. The maximum absolute atomic E-state index is 12.6. The van der Waals surface area contributed by atoms with Crippen molar-refractivity contribution in [3.05, 3.63) is 59.9 Å². The number of methoxy groups -OCH3 is 1. The van der Waals surface area contributed by atoms with Gasteiger partial charge in [0.25, 0.3) is 5.91 Å². The van der Waals surface area contributed by atoms with Gasteiger partial charge in [0.2, 0.25) is 0 Å². The molecule has 0 spiro atoms. The van der Waals surface area contributed by atoms with E-state index in [9.17, 15) is 4.79 Å². The highest BCUT2D eigenvalue weighted by molar-refractivity contribution is 5.94. The lowest BCUT2D eigenvalue weighted by Gasteiger charge is -2.36. The second-order valence-electron chi connectivity index (χ2n) is 8.40. The van der Waals surface area contributed by atoms with E-state index in [0.717, 1.165) is 43.8 Å². The third kappa shape index (κ3) is 4.45. The van der Waals surface area contributed by atoms with Crippen molar-refractivity contribution < 1.29 is 9.53 Å². The second-order valence-corrected chi connectivity index (χ2v) is 8.40. The number of carbonyl (C=O) groups excluding carboxylic acids is 1. The first-order chi connectivity index (χ1) is 14.2. The molecule has 1 saturated heterocycles. The van der Waals surface area contributed by atoms with Crippen LogP contribution in [0.15, 0.2) is 48.8 Å². The highest BCUT2D eigenvalue weighted by Crippen LogP contribution is 2.41. The summed E-state index contributed by atoms with van der Waals surface area (Å²) in [5.41, 5.74) is 2.39. The van der Waals surface area contributed by atoms with E-state index in [2.05, 4.69) is 34.6 Å². The lowest BCUT2D eigenvalue weighted by molar-refractivity contribution is 0.0703. The lowest BCUT2D eigenvalue weighted by atomic mass is 9.78. The van der Waals surface area contributed by atoms with Gasteiger partial charge in [0.05, 0.1) is 7.11 Å². The summed E-state index contributed by atoms with van der Waals surface area (Å²) in [5.74, 6) is 1.04. The van der Waals surface area contributed by atoms with Crippen molar-refractivity contribution >= 4 is 5.91 Å². The lowest BCUT2D eigenvalue weighted by Crippen LogP contribution is -2.48. The zero-order valence-corrected chi connectivity index (χ0v) is 17.3. The van der Waals surface area contributed by atoms with Crippen LogP contribution in [0.3, 0.4) is 0 Å². The minimum atomic E-state index is 0.122. The number of benzene rings is 1. The number of ether oxygens (including phenoxy) is 1. The van der Waals surface area contributed by atoms with Crippen LogP contribution in [0, 0.1) is 0 Å². The number of carbonyl (C=O) groups is 1. The Morgan fingerprint density at radius 2 is 1.76 bits per heavy atom. The van der Waals surface area contributed by atoms with Crippen LogP contribution in [0.1, 0.15) is 54.4 Å². The predicted octanol–water partition coefficient (Wildman–Crippen LogP) is 3.80. The molecule has 1 aromatic heterocycles. The van der Waals surface area contributed by atoms with E-state index < -0.39 is 0 Å². The molecule has 4 rings (SSSR count). The summed E-state index contributed by atoms with van der Waals surface area (Å²) in [7, 11) is 1.72. The Bertz CT molecular complexity index is 793. The van der Waals surface area contributed by atoms with Gasteiger partial charge in [0, 0.05) is 49.0 Å². The number of likely N-dealkylation sites (tertiary alicyclic amines) is 1. The minimum absolute atomic E-state index is 0.122. The summed E-state index contributed by atoms with van der Waals surface area (Å²) in [6.45, 7) is 2.64. The van der Waals surface area contributed by atoms with Crippen LogP contribution in [-0.2, 0) is 5.41 Å². The van der Waals surface area contributed by atoms with E-state index in [1.54, 1.807) is 31.6 Å². The van der Waals surface area contributed by atoms with E-state index in [4.69, 9.17) is 4.74 Å². The smallest absolute Gasteiger partial charge is 0.253 e. The van der Waals surface area contributed by atoms with E-state index in [0.29, 0.717) is 6.04 Å². The first-order valence-electron chi connectivity index (χ1n) is 10.8. The average molecular weight is 394 g/mol. The summed E-state index contributed by atoms with van der Waals surface area (Å²) in [5, 5.41) is 3.85. The molecular weight excluding hydrogens is 362 g/mol.